The minimum atomic E-state index is -0.300. The molecule has 6 nitrogen and oxygen atoms in total. The summed E-state index contributed by atoms with van der Waals surface area (Å²) in [5.41, 5.74) is 5.13. The Bertz CT molecular complexity index is 1310. The molecule has 0 aliphatic rings. The van der Waals surface area contributed by atoms with Crippen molar-refractivity contribution in [2.45, 2.75) is 34.2 Å². The summed E-state index contributed by atoms with van der Waals surface area (Å²) in [6.07, 6.45) is 0. The number of rotatable bonds is 3. The lowest BCUT2D eigenvalue weighted by molar-refractivity contribution is 0.0865. The summed E-state index contributed by atoms with van der Waals surface area (Å²) in [5, 5.41) is 10.1. The molecule has 0 radical (unpaired) electrons. The molecule has 6 heteroatoms. The van der Waals surface area contributed by atoms with E-state index in [1.807, 2.05) is 57.2 Å². The van der Waals surface area contributed by atoms with Gasteiger partial charge in [0.1, 0.15) is 6.54 Å². The van der Waals surface area contributed by atoms with E-state index in [0.717, 1.165) is 27.9 Å². The fourth-order valence-electron chi connectivity index (χ4n) is 3.52. The average molecular weight is 386 g/mol. The second-order valence-corrected chi connectivity index (χ2v) is 7.39. The van der Waals surface area contributed by atoms with Crippen LogP contribution in [0.3, 0.4) is 0 Å². The number of carbonyl (C=O) groups is 1. The van der Waals surface area contributed by atoms with E-state index in [1.165, 1.54) is 14.9 Å². The number of benzene rings is 2. The van der Waals surface area contributed by atoms with Gasteiger partial charge in [-0.15, -0.1) is 0 Å². The lowest BCUT2D eigenvalue weighted by atomic mass is 10.0. The molecule has 0 unspecified atom stereocenters. The van der Waals surface area contributed by atoms with Gasteiger partial charge in [0.25, 0.3) is 11.5 Å². The zero-order chi connectivity index (χ0) is 20.7. The third-order valence-corrected chi connectivity index (χ3v) is 5.18. The maximum atomic E-state index is 13.0. The van der Waals surface area contributed by atoms with Gasteiger partial charge in [0, 0.05) is 16.6 Å². The Morgan fingerprint density at radius 1 is 0.897 bits per heavy atom. The van der Waals surface area contributed by atoms with Crippen LogP contribution in [0, 0.1) is 27.7 Å². The monoisotopic (exact) mass is 386 g/mol. The topological polar surface area (TPSA) is 69.8 Å². The zero-order valence-electron chi connectivity index (χ0n) is 16.9. The molecule has 29 heavy (non-hydrogen) atoms. The zero-order valence-corrected chi connectivity index (χ0v) is 16.9. The van der Waals surface area contributed by atoms with E-state index in [2.05, 4.69) is 23.2 Å². The molecule has 0 fully saturated rings. The molecule has 0 amide bonds. The minimum Gasteiger partial charge on any atom is -0.270 e. The Morgan fingerprint density at radius 3 is 2.28 bits per heavy atom. The second-order valence-electron chi connectivity index (χ2n) is 7.39. The Labute approximate surface area is 168 Å². The Balaban J connectivity index is 1.88. The van der Waals surface area contributed by atoms with Crippen molar-refractivity contribution in [3.8, 4) is 11.3 Å². The first-order valence-corrected chi connectivity index (χ1v) is 9.49. The maximum Gasteiger partial charge on any atom is 0.275 e. The molecule has 2 heterocycles. The maximum absolute atomic E-state index is 13.0. The summed E-state index contributed by atoms with van der Waals surface area (Å²) in [6, 6.07) is 15.3. The van der Waals surface area contributed by atoms with Gasteiger partial charge >= 0.3 is 0 Å². The molecule has 0 aliphatic carbocycles. The molecular weight excluding hydrogens is 364 g/mol. The molecule has 0 N–H and O–H groups in total. The Hall–Kier alpha value is -3.54. The first kappa shape index (κ1) is 18.8. The summed E-state index contributed by atoms with van der Waals surface area (Å²) in [5.74, 6) is -0.300. The van der Waals surface area contributed by atoms with E-state index in [4.69, 9.17) is 0 Å². The number of fused-ring (bicyclic) bond motifs is 1. The Morgan fingerprint density at radius 2 is 1.62 bits per heavy atom. The highest BCUT2D eigenvalue weighted by Gasteiger charge is 2.17. The average Bonchev–Trinajstić information content (AvgIpc) is 3.04. The van der Waals surface area contributed by atoms with Crippen LogP contribution in [0.25, 0.3) is 22.0 Å². The summed E-state index contributed by atoms with van der Waals surface area (Å²) >= 11 is 0. The number of aromatic nitrogens is 4. The number of nitrogens with zero attached hydrogens (tertiary/aromatic N) is 4. The third-order valence-electron chi connectivity index (χ3n) is 5.18. The van der Waals surface area contributed by atoms with Crippen LogP contribution in [0.1, 0.15) is 27.3 Å². The van der Waals surface area contributed by atoms with E-state index < -0.39 is 0 Å². The molecule has 2 aromatic carbocycles. The summed E-state index contributed by atoms with van der Waals surface area (Å²) in [6.45, 7) is 7.57. The molecule has 0 atom stereocenters. The van der Waals surface area contributed by atoms with Crippen molar-refractivity contribution in [3.63, 3.8) is 0 Å². The molecule has 4 rings (SSSR count). The predicted molar refractivity (Wildman–Crippen MR) is 113 cm³/mol. The van der Waals surface area contributed by atoms with Crippen LogP contribution in [-0.4, -0.2) is 25.5 Å². The highest BCUT2D eigenvalue weighted by atomic mass is 16.2. The van der Waals surface area contributed by atoms with E-state index >= 15 is 0 Å². The molecule has 146 valence electrons. The molecule has 0 spiro atoms. The number of carbonyl (C=O) groups excluding carboxylic acids is 1. The largest absolute Gasteiger partial charge is 0.275 e. The molecule has 0 bridgehead atoms. The van der Waals surface area contributed by atoms with Gasteiger partial charge in [-0.25, -0.2) is 9.36 Å². The van der Waals surface area contributed by atoms with Crippen LogP contribution >= 0.6 is 0 Å². The molecule has 0 saturated carbocycles. The molecular formula is C23H22N4O2. The summed E-state index contributed by atoms with van der Waals surface area (Å²) in [7, 11) is 0. The molecule has 0 aliphatic heterocycles. The quantitative estimate of drug-likeness (QED) is 0.536. The molecule has 0 saturated heterocycles. The van der Waals surface area contributed by atoms with E-state index in [9.17, 15) is 9.59 Å². The predicted octanol–water partition coefficient (Wildman–Crippen LogP) is 3.83. The van der Waals surface area contributed by atoms with E-state index in [-0.39, 0.29) is 18.0 Å². The highest BCUT2D eigenvalue weighted by molar-refractivity contribution is 5.94. The van der Waals surface area contributed by atoms with Crippen LogP contribution in [0.4, 0.5) is 0 Å². The van der Waals surface area contributed by atoms with Crippen molar-refractivity contribution >= 4 is 16.7 Å². The minimum absolute atomic E-state index is 0.177. The van der Waals surface area contributed by atoms with Crippen molar-refractivity contribution in [1.29, 1.82) is 0 Å². The number of hydrogen-bond donors (Lipinski definition) is 0. The fraction of sp³-hybridized carbons (Fsp3) is 0.217. The first-order chi connectivity index (χ1) is 13.8. The van der Waals surface area contributed by atoms with Crippen LogP contribution in [0.5, 0.6) is 0 Å². The van der Waals surface area contributed by atoms with Crippen molar-refractivity contribution in [2.75, 3.05) is 0 Å². The summed E-state index contributed by atoms with van der Waals surface area (Å²) < 4.78 is 2.57. The van der Waals surface area contributed by atoms with Crippen molar-refractivity contribution < 1.29 is 4.79 Å². The lowest BCUT2D eigenvalue weighted by Gasteiger charge is -2.12. The molecule has 2 aromatic heterocycles. The SMILES string of the molecule is Cc1cc(C)n(C(=O)Cn2nc(-c3ccc(C)c(C)c3)c3ccccc3c2=O)n1. The number of aryl methyl sites for hydroxylation is 4. The normalized spacial score (nSPS) is 11.2. The van der Waals surface area contributed by atoms with Gasteiger partial charge in [-0.3, -0.25) is 9.59 Å². The second kappa shape index (κ2) is 7.13. The highest BCUT2D eigenvalue weighted by Crippen LogP contribution is 2.26. The van der Waals surface area contributed by atoms with Crippen molar-refractivity contribution in [3.05, 3.63) is 81.4 Å². The van der Waals surface area contributed by atoms with Gasteiger partial charge < -0.3 is 0 Å². The van der Waals surface area contributed by atoms with E-state index in [0.29, 0.717) is 11.1 Å². The van der Waals surface area contributed by atoms with Gasteiger partial charge in [-0.05, 0) is 57.0 Å². The van der Waals surface area contributed by atoms with Crippen molar-refractivity contribution in [1.82, 2.24) is 19.6 Å². The van der Waals surface area contributed by atoms with Crippen LogP contribution in [0.2, 0.25) is 0 Å². The fourth-order valence-corrected chi connectivity index (χ4v) is 3.52. The smallest absolute Gasteiger partial charge is 0.270 e. The van der Waals surface area contributed by atoms with Gasteiger partial charge in [0.2, 0.25) is 0 Å². The van der Waals surface area contributed by atoms with Crippen molar-refractivity contribution in [2.24, 2.45) is 0 Å². The van der Waals surface area contributed by atoms with Crippen LogP contribution in [-0.2, 0) is 6.54 Å². The van der Waals surface area contributed by atoms with Gasteiger partial charge in [-0.2, -0.15) is 10.2 Å². The third kappa shape index (κ3) is 3.38. The van der Waals surface area contributed by atoms with Gasteiger partial charge in [-0.1, -0.05) is 30.3 Å². The molecule has 4 aromatic rings. The van der Waals surface area contributed by atoms with Gasteiger partial charge in [0.15, 0.2) is 0 Å². The van der Waals surface area contributed by atoms with Gasteiger partial charge in [0.05, 0.1) is 16.8 Å². The van der Waals surface area contributed by atoms with Crippen LogP contribution in [0.15, 0.2) is 53.3 Å². The van der Waals surface area contributed by atoms with Crippen LogP contribution < -0.4 is 5.56 Å². The summed E-state index contributed by atoms with van der Waals surface area (Å²) in [4.78, 5) is 25.8. The Kier molecular flexibility index (Phi) is 4.62. The number of hydrogen-bond acceptors (Lipinski definition) is 4. The first-order valence-electron chi connectivity index (χ1n) is 9.49. The standard InChI is InChI=1S/C23H22N4O2/c1-14-9-10-18(11-15(14)2)22-19-7-5-6-8-20(19)23(29)26(25-22)13-21(28)27-17(4)12-16(3)24-27/h5-12H,13H2,1-4H3. The lowest BCUT2D eigenvalue weighted by Crippen LogP contribution is -2.30. The van der Waals surface area contributed by atoms with E-state index in [1.54, 1.807) is 6.07 Å².